The summed E-state index contributed by atoms with van der Waals surface area (Å²) in [5.74, 6) is 1.26. The molecule has 0 bridgehead atoms. The van der Waals surface area contributed by atoms with Gasteiger partial charge in [0, 0.05) is 31.3 Å². The topological polar surface area (TPSA) is 38.3 Å². The van der Waals surface area contributed by atoms with Gasteiger partial charge in [-0.25, -0.2) is 4.39 Å². The Kier molecular flexibility index (Phi) is 6.69. The lowest BCUT2D eigenvalue weighted by atomic mass is 9.73. The van der Waals surface area contributed by atoms with Crippen LogP contribution in [0.5, 0.6) is 0 Å². The van der Waals surface area contributed by atoms with Crippen molar-refractivity contribution < 1.29 is 13.9 Å². The minimum Gasteiger partial charge on any atom is -0.381 e. The van der Waals surface area contributed by atoms with Gasteiger partial charge in [-0.2, -0.15) is 11.8 Å². The Labute approximate surface area is 158 Å². The number of nitrogens with one attached hydrogen (secondary N) is 1. The molecule has 5 heteroatoms. The molecule has 0 spiro atoms. The van der Waals surface area contributed by atoms with Gasteiger partial charge in [0.2, 0.25) is 5.91 Å². The highest BCUT2D eigenvalue weighted by Gasteiger charge is 2.41. The van der Waals surface area contributed by atoms with Crippen molar-refractivity contribution in [1.82, 2.24) is 5.32 Å². The number of carbonyl (C=O) groups is 1. The molecule has 1 saturated heterocycles. The summed E-state index contributed by atoms with van der Waals surface area (Å²) >= 11 is 1.62. The summed E-state index contributed by atoms with van der Waals surface area (Å²) in [5, 5.41) is 3.08. The van der Waals surface area contributed by atoms with E-state index in [2.05, 4.69) is 5.32 Å². The first-order chi connectivity index (χ1) is 12.7. The van der Waals surface area contributed by atoms with Crippen LogP contribution < -0.4 is 5.32 Å². The summed E-state index contributed by atoms with van der Waals surface area (Å²) in [6.07, 6.45) is 1.40. The minimum atomic E-state index is -0.504. The summed E-state index contributed by atoms with van der Waals surface area (Å²) < 4.78 is 19.1. The van der Waals surface area contributed by atoms with E-state index in [1.165, 1.54) is 6.07 Å². The molecule has 1 heterocycles. The second-order valence-corrected chi connectivity index (χ2v) is 7.57. The van der Waals surface area contributed by atoms with Crippen molar-refractivity contribution in [2.75, 3.05) is 25.5 Å². The van der Waals surface area contributed by atoms with Crippen LogP contribution in [-0.2, 0) is 20.7 Å². The van der Waals surface area contributed by atoms with E-state index in [0.29, 0.717) is 43.9 Å². The quantitative estimate of drug-likeness (QED) is 0.748. The van der Waals surface area contributed by atoms with Crippen molar-refractivity contribution in [3.8, 4) is 0 Å². The van der Waals surface area contributed by atoms with Crippen LogP contribution in [0.2, 0.25) is 0 Å². The van der Waals surface area contributed by atoms with Crippen molar-refractivity contribution in [2.45, 2.75) is 24.0 Å². The second kappa shape index (κ2) is 9.19. The molecule has 1 fully saturated rings. The molecule has 1 aliphatic heterocycles. The van der Waals surface area contributed by atoms with Crippen molar-refractivity contribution in [2.24, 2.45) is 0 Å². The SMILES string of the molecule is O=C(NCCSCc1ccccc1F)C1(c2ccccc2)CCOCC1. The molecule has 1 aliphatic rings. The number of benzene rings is 2. The van der Waals surface area contributed by atoms with Crippen LogP contribution in [0.25, 0.3) is 0 Å². The Morgan fingerprint density at radius 3 is 2.50 bits per heavy atom. The maximum absolute atomic E-state index is 13.6. The molecule has 2 aromatic carbocycles. The smallest absolute Gasteiger partial charge is 0.230 e. The zero-order chi connectivity index (χ0) is 18.2. The Hall–Kier alpha value is -1.85. The average Bonchev–Trinajstić information content (AvgIpc) is 2.70. The van der Waals surface area contributed by atoms with Crippen molar-refractivity contribution in [3.63, 3.8) is 0 Å². The molecule has 0 radical (unpaired) electrons. The van der Waals surface area contributed by atoms with Gasteiger partial charge in [0.15, 0.2) is 0 Å². The molecule has 3 rings (SSSR count). The molecule has 0 aliphatic carbocycles. The van der Waals surface area contributed by atoms with E-state index in [4.69, 9.17) is 4.74 Å². The maximum Gasteiger partial charge on any atom is 0.230 e. The van der Waals surface area contributed by atoms with Crippen LogP contribution in [0.4, 0.5) is 4.39 Å². The number of hydrogen-bond acceptors (Lipinski definition) is 3. The van der Waals surface area contributed by atoms with Crippen molar-refractivity contribution >= 4 is 17.7 Å². The number of carbonyl (C=O) groups excluding carboxylic acids is 1. The number of hydrogen-bond donors (Lipinski definition) is 1. The highest BCUT2D eigenvalue weighted by molar-refractivity contribution is 7.98. The minimum absolute atomic E-state index is 0.0680. The molecular weight excluding hydrogens is 349 g/mol. The van der Waals surface area contributed by atoms with Gasteiger partial charge in [-0.05, 0) is 30.0 Å². The summed E-state index contributed by atoms with van der Waals surface area (Å²) in [5.41, 5.74) is 1.25. The molecule has 26 heavy (non-hydrogen) atoms. The number of amides is 1. The molecule has 0 atom stereocenters. The third-order valence-corrected chi connectivity index (χ3v) is 5.86. The van der Waals surface area contributed by atoms with E-state index in [1.807, 2.05) is 36.4 Å². The van der Waals surface area contributed by atoms with Gasteiger partial charge in [-0.3, -0.25) is 4.79 Å². The number of rotatable bonds is 7. The number of ether oxygens (including phenoxy) is 1. The Balaban J connectivity index is 1.53. The number of thioether (sulfide) groups is 1. The highest BCUT2D eigenvalue weighted by atomic mass is 32.2. The molecule has 138 valence electrons. The van der Waals surface area contributed by atoms with Gasteiger partial charge in [-0.15, -0.1) is 0 Å². The molecule has 0 aromatic heterocycles. The van der Waals surface area contributed by atoms with E-state index >= 15 is 0 Å². The zero-order valence-corrected chi connectivity index (χ0v) is 15.6. The lowest BCUT2D eigenvalue weighted by Gasteiger charge is -2.36. The number of halogens is 1. The summed E-state index contributed by atoms with van der Waals surface area (Å²) in [4.78, 5) is 13.0. The van der Waals surface area contributed by atoms with E-state index in [9.17, 15) is 9.18 Å². The van der Waals surface area contributed by atoms with E-state index in [-0.39, 0.29) is 11.7 Å². The van der Waals surface area contributed by atoms with Gasteiger partial charge in [0.1, 0.15) is 5.82 Å². The van der Waals surface area contributed by atoms with Crippen molar-refractivity contribution in [3.05, 3.63) is 71.5 Å². The van der Waals surface area contributed by atoms with Crippen LogP contribution in [0.3, 0.4) is 0 Å². The third kappa shape index (κ3) is 4.46. The molecular formula is C21H24FNO2S. The zero-order valence-electron chi connectivity index (χ0n) is 14.7. The van der Waals surface area contributed by atoms with Gasteiger partial charge < -0.3 is 10.1 Å². The van der Waals surface area contributed by atoms with Gasteiger partial charge in [0.25, 0.3) is 0 Å². The molecule has 1 N–H and O–H groups in total. The molecule has 0 unspecified atom stereocenters. The maximum atomic E-state index is 13.6. The molecule has 0 saturated carbocycles. The van der Waals surface area contributed by atoms with Gasteiger partial charge in [-0.1, -0.05) is 48.5 Å². The summed E-state index contributed by atoms with van der Waals surface area (Å²) in [6, 6.07) is 16.8. The lowest BCUT2D eigenvalue weighted by Crippen LogP contribution is -2.48. The highest BCUT2D eigenvalue weighted by Crippen LogP contribution is 2.35. The van der Waals surface area contributed by atoms with Crippen LogP contribution >= 0.6 is 11.8 Å². The first kappa shape index (κ1) is 18.9. The Morgan fingerprint density at radius 1 is 1.08 bits per heavy atom. The molecule has 2 aromatic rings. The Bertz CT molecular complexity index is 717. The monoisotopic (exact) mass is 373 g/mol. The normalized spacial score (nSPS) is 16.2. The lowest BCUT2D eigenvalue weighted by molar-refractivity contribution is -0.130. The van der Waals surface area contributed by atoms with Crippen molar-refractivity contribution in [1.29, 1.82) is 0 Å². The first-order valence-electron chi connectivity index (χ1n) is 8.95. The van der Waals surface area contributed by atoms with Crippen LogP contribution in [0, 0.1) is 5.82 Å². The standard InChI is InChI=1S/C21H24FNO2S/c22-19-9-5-4-6-17(19)16-26-15-12-23-20(24)21(10-13-25-14-11-21)18-7-2-1-3-8-18/h1-9H,10-16H2,(H,23,24). The van der Waals surface area contributed by atoms with E-state index in [0.717, 1.165) is 11.3 Å². The van der Waals surface area contributed by atoms with Gasteiger partial charge in [0.05, 0.1) is 5.41 Å². The fourth-order valence-corrected chi connectivity index (χ4v) is 4.17. The molecule has 1 amide bonds. The van der Waals surface area contributed by atoms with E-state index in [1.54, 1.807) is 23.9 Å². The largest absolute Gasteiger partial charge is 0.381 e. The van der Waals surface area contributed by atoms with Crippen LogP contribution in [0.1, 0.15) is 24.0 Å². The summed E-state index contributed by atoms with van der Waals surface area (Å²) in [7, 11) is 0. The third-order valence-electron chi connectivity index (χ3n) is 4.85. The fraction of sp³-hybridized carbons (Fsp3) is 0.381. The first-order valence-corrected chi connectivity index (χ1v) is 10.1. The molecule has 3 nitrogen and oxygen atoms in total. The average molecular weight is 373 g/mol. The van der Waals surface area contributed by atoms with E-state index < -0.39 is 5.41 Å². The predicted octanol–water partition coefficient (Wildman–Crippen LogP) is 3.92. The predicted molar refractivity (Wildman–Crippen MR) is 104 cm³/mol. The second-order valence-electron chi connectivity index (χ2n) is 6.46. The van der Waals surface area contributed by atoms with Gasteiger partial charge >= 0.3 is 0 Å². The Morgan fingerprint density at radius 2 is 1.77 bits per heavy atom. The summed E-state index contributed by atoms with van der Waals surface area (Å²) in [6.45, 7) is 1.78. The fourth-order valence-electron chi connectivity index (χ4n) is 3.33. The van der Waals surface area contributed by atoms with Crippen LogP contribution in [0.15, 0.2) is 54.6 Å². The van der Waals surface area contributed by atoms with Crippen LogP contribution in [-0.4, -0.2) is 31.4 Å².